The fourth-order valence-corrected chi connectivity index (χ4v) is 2.58. The van der Waals surface area contributed by atoms with Crippen LogP contribution in [0.4, 0.5) is 5.82 Å². The Morgan fingerprint density at radius 3 is 2.64 bits per heavy atom. The summed E-state index contributed by atoms with van der Waals surface area (Å²) in [4.78, 5) is 29.7. The molecular formula is C18H20BrN3O3. The summed E-state index contributed by atoms with van der Waals surface area (Å²) in [6, 6.07) is 8.83. The van der Waals surface area contributed by atoms with E-state index in [2.05, 4.69) is 26.2 Å². The maximum atomic E-state index is 12.1. The maximum absolute atomic E-state index is 12.1. The smallest absolute Gasteiger partial charge is 0.239 e. The topological polar surface area (TPSA) is 71.5 Å². The molecule has 1 heterocycles. The highest BCUT2D eigenvalue weighted by molar-refractivity contribution is 9.10. The number of aromatic nitrogens is 1. The molecule has 0 fully saturated rings. The van der Waals surface area contributed by atoms with Crippen molar-refractivity contribution in [2.75, 3.05) is 26.0 Å². The summed E-state index contributed by atoms with van der Waals surface area (Å²) in [6.45, 7) is 2.19. The van der Waals surface area contributed by atoms with Gasteiger partial charge in [0.05, 0.1) is 13.7 Å². The molecule has 1 amide bonds. The first kappa shape index (κ1) is 19.1. The van der Waals surface area contributed by atoms with Gasteiger partial charge in [0.2, 0.25) is 5.91 Å². The van der Waals surface area contributed by atoms with Crippen LogP contribution in [0.2, 0.25) is 0 Å². The number of hydrogen-bond acceptors (Lipinski definition) is 5. The van der Waals surface area contributed by atoms with Crippen molar-refractivity contribution >= 4 is 33.4 Å². The molecule has 0 unspecified atom stereocenters. The highest BCUT2D eigenvalue weighted by Crippen LogP contribution is 2.21. The number of hydrogen-bond donors (Lipinski definition) is 1. The lowest BCUT2D eigenvalue weighted by Gasteiger charge is -2.18. The van der Waals surface area contributed by atoms with Crippen LogP contribution >= 0.6 is 15.9 Å². The monoisotopic (exact) mass is 405 g/mol. The van der Waals surface area contributed by atoms with Crippen LogP contribution in [0.15, 0.2) is 41.0 Å². The Hall–Kier alpha value is -2.25. The van der Waals surface area contributed by atoms with E-state index in [0.717, 1.165) is 10.0 Å². The Morgan fingerprint density at radius 2 is 2.04 bits per heavy atom. The molecule has 1 N–H and O–H groups in total. The molecule has 0 aliphatic carbocycles. The van der Waals surface area contributed by atoms with Gasteiger partial charge in [-0.05, 0) is 60.2 Å². The van der Waals surface area contributed by atoms with E-state index in [0.29, 0.717) is 23.7 Å². The Balaban J connectivity index is 2.00. The molecule has 1 aromatic heterocycles. The van der Waals surface area contributed by atoms with Crippen LogP contribution in [0.3, 0.4) is 0 Å². The Morgan fingerprint density at radius 1 is 1.28 bits per heavy atom. The van der Waals surface area contributed by atoms with Gasteiger partial charge in [0.15, 0.2) is 5.78 Å². The van der Waals surface area contributed by atoms with E-state index in [9.17, 15) is 9.59 Å². The standard InChI is InChI=1S/C18H20BrN3O3/c1-12(23)13-4-6-16(25-3)14(8-13)10-22(2)11-18(24)21-17-7-5-15(19)9-20-17/h4-9H,10-11H2,1-3H3,(H,20,21,24). The molecule has 0 aliphatic heterocycles. The van der Waals surface area contributed by atoms with Crippen molar-refractivity contribution in [2.24, 2.45) is 0 Å². The third kappa shape index (κ3) is 5.65. The van der Waals surface area contributed by atoms with Crippen molar-refractivity contribution in [1.82, 2.24) is 9.88 Å². The van der Waals surface area contributed by atoms with Gasteiger partial charge in [0, 0.05) is 28.3 Å². The molecule has 0 radical (unpaired) electrons. The first-order valence-corrected chi connectivity index (χ1v) is 8.46. The first-order chi connectivity index (χ1) is 11.9. The quantitative estimate of drug-likeness (QED) is 0.716. The van der Waals surface area contributed by atoms with Crippen molar-refractivity contribution in [3.63, 3.8) is 0 Å². The number of carbonyl (C=O) groups excluding carboxylic acids is 2. The number of rotatable bonds is 7. The molecule has 2 rings (SSSR count). The van der Waals surface area contributed by atoms with Gasteiger partial charge in [-0.3, -0.25) is 14.5 Å². The van der Waals surface area contributed by atoms with Crippen LogP contribution in [-0.4, -0.2) is 42.3 Å². The lowest BCUT2D eigenvalue weighted by Crippen LogP contribution is -2.30. The van der Waals surface area contributed by atoms with E-state index in [1.165, 1.54) is 6.92 Å². The molecule has 1 aromatic carbocycles. The van der Waals surface area contributed by atoms with Crippen molar-refractivity contribution in [1.29, 1.82) is 0 Å². The van der Waals surface area contributed by atoms with Gasteiger partial charge in [-0.2, -0.15) is 0 Å². The lowest BCUT2D eigenvalue weighted by atomic mass is 10.1. The second-order valence-corrected chi connectivity index (χ2v) is 6.58. The molecule has 6 nitrogen and oxygen atoms in total. The number of pyridine rings is 1. The Kier molecular flexibility index (Phi) is 6.66. The average molecular weight is 406 g/mol. The molecule has 25 heavy (non-hydrogen) atoms. The minimum absolute atomic E-state index is 0.00869. The van der Waals surface area contributed by atoms with Crippen LogP contribution in [0.25, 0.3) is 0 Å². The van der Waals surface area contributed by atoms with Gasteiger partial charge < -0.3 is 10.1 Å². The summed E-state index contributed by atoms with van der Waals surface area (Å²) >= 11 is 3.30. The zero-order valence-corrected chi connectivity index (χ0v) is 16.0. The zero-order chi connectivity index (χ0) is 18.4. The van der Waals surface area contributed by atoms with Crippen LogP contribution in [0.1, 0.15) is 22.8 Å². The number of nitrogens with zero attached hydrogens (tertiary/aromatic N) is 2. The van der Waals surface area contributed by atoms with E-state index >= 15 is 0 Å². The number of methoxy groups -OCH3 is 1. The van der Waals surface area contributed by atoms with Crippen LogP contribution in [0, 0.1) is 0 Å². The summed E-state index contributed by atoms with van der Waals surface area (Å²) in [5, 5.41) is 2.75. The zero-order valence-electron chi connectivity index (χ0n) is 14.4. The summed E-state index contributed by atoms with van der Waals surface area (Å²) in [5.74, 6) is 1.01. The first-order valence-electron chi connectivity index (χ1n) is 7.67. The number of benzene rings is 1. The molecule has 7 heteroatoms. The Bertz CT molecular complexity index is 763. The number of amides is 1. The van der Waals surface area contributed by atoms with Crippen molar-refractivity contribution in [3.8, 4) is 5.75 Å². The van der Waals surface area contributed by atoms with Crippen LogP contribution in [-0.2, 0) is 11.3 Å². The highest BCUT2D eigenvalue weighted by Gasteiger charge is 2.12. The normalized spacial score (nSPS) is 10.6. The SMILES string of the molecule is COc1ccc(C(C)=O)cc1CN(C)CC(=O)Nc1ccc(Br)cn1. The van der Waals surface area contributed by atoms with E-state index in [1.54, 1.807) is 37.6 Å². The summed E-state index contributed by atoms with van der Waals surface area (Å²) in [6.07, 6.45) is 1.62. The number of ketones is 1. The number of nitrogens with one attached hydrogen (secondary N) is 1. The van der Waals surface area contributed by atoms with Crippen molar-refractivity contribution in [2.45, 2.75) is 13.5 Å². The maximum Gasteiger partial charge on any atom is 0.239 e. The number of carbonyl (C=O) groups is 2. The minimum atomic E-state index is -0.168. The largest absolute Gasteiger partial charge is 0.496 e. The van der Waals surface area contributed by atoms with Crippen molar-refractivity contribution in [3.05, 3.63) is 52.1 Å². The van der Waals surface area contributed by atoms with Gasteiger partial charge in [-0.15, -0.1) is 0 Å². The minimum Gasteiger partial charge on any atom is -0.496 e. The molecule has 0 bridgehead atoms. The molecule has 0 spiro atoms. The number of anilines is 1. The lowest BCUT2D eigenvalue weighted by molar-refractivity contribution is -0.117. The van der Waals surface area contributed by atoms with E-state index in [4.69, 9.17) is 4.74 Å². The molecule has 0 aliphatic rings. The highest BCUT2D eigenvalue weighted by atomic mass is 79.9. The second kappa shape index (κ2) is 8.73. The summed E-state index contributed by atoms with van der Waals surface area (Å²) in [5.41, 5.74) is 1.47. The van der Waals surface area contributed by atoms with Gasteiger partial charge in [-0.1, -0.05) is 0 Å². The van der Waals surface area contributed by atoms with Gasteiger partial charge in [0.1, 0.15) is 11.6 Å². The van der Waals surface area contributed by atoms with Crippen LogP contribution < -0.4 is 10.1 Å². The molecule has 2 aromatic rings. The Labute approximate surface area is 155 Å². The fourth-order valence-electron chi connectivity index (χ4n) is 2.35. The molecular weight excluding hydrogens is 386 g/mol. The second-order valence-electron chi connectivity index (χ2n) is 5.66. The third-order valence-electron chi connectivity index (χ3n) is 3.54. The van der Waals surface area contributed by atoms with E-state index in [1.807, 2.05) is 18.0 Å². The molecule has 0 saturated carbocycles. The molecule has 0 saturated heterocycles. The predicted molar refractivity (Wildman–Crippen MR) is 99.9 cm³/mol. The summed E-state index contributed by atoms with van der Waals surface area (Å²) in [7, 11) is 3.41. The predicted octanol–water partition coefficient (Wildman–Crippen LogP) is 3.13. The molecule has 0 atom stereocenters. The van der Waals surface area contributed by atoms with Gasteiger partial charge in [-0.25, -0.2) is 4.98 Å². The summed E-state index contributed by atoms with van der Waals surface area (Å²) < 4.78 is 6.19. The molecule has 132 valence electrons. The van der Waals surface area contributed by atoms with Gasteiger partial charge in [0.25, 0.3) is 0 Å². The fraction of sp³-hybridized carbons (Fsp3) is 0.278. The number of ether oxygens (including phenoxy) is 1. The van der Waals surface area contributed by atoms with Crippen LogP contribution in [0.5, 0.6) is 5.75 Å². The number of likely N-dealkylation sites (N-methyl/N-ethyl adjacent to an activating group) is 1. The number of halogens is 1. The van der Waals surface area contributed by atoms with E-state index < -0.39 is 0 Å². The van der Waals surface area contributed by atoms with Crippen molar-refractivity contribution < 1.29 is 14.3 Å². The number of Topliss-reactive ketones (excluding diaryl/α,β-unsaturated/α-hetero) is 1. The third-order valence-corrected chi connectivity index (χ3v) is 4.00. The van der Waals surface area contributed by atoms with Gasteiger partial charge >= 0.3 is 0 Å². The van der Waals surface area contributed by atoms with E-state index in [-0.39, 0.29) is 18.2 Å². The average Bonchev–Trinajstić information content (AvgIpc) is 2.56.